The van der Waals surface area contributed by atoms with Gasteiger partial charge in [0.2, 0.25) is 0 Å². The van der Waals surface area contributed by atoms with Gasteiger partial charge in [0.05, 0.1) is 0 Å². The van der Waals surface area contributed by atoms with Gasteiger partial charge in [-0.1, -0.05) is 45.4 Å². The molecular weight excluding hydrogens is 252 g/mol. The molecule has 1 fully saturated rings. The van der Waals surface area contributed by atoms with Crippen molar-refractivity contribution < 1.29 is 0 Å². The van der Waals surface area contributed by atoms with E-state index in [0.717, 1.165) is 5.92 Å². The topological polar surface area (TPSA) is 0 Å². The fourth-order valence-electron chi connectivity index (χ4n) is 3.77. The van der Waals surface area contributed by atoms with E-state index < -0.39 is 0 Å². The zero-order valence-corrected chi connectivity index (χ0v) is 13.7. The number of alkyl halides is 1. The molecule has 1 aliphatic rings. The Hall–Kier alpha value is -0.490. The highest BCUT2D eigenvalue weighted by Crippen LogP contribution is 2.45. The highest BCUT2D eigenvalue weighted by molar-refractivity contribution is 6.20. The summed E-state index contributed by atoms with van der Waals surface area (Å²) in [5, 5.41) is 0.318. The van der Waals surface area contributed by atoms with Gasteiger partial charge in [-0.3, -0.25) is 0 Å². The van der Waals surface area contributed by atoms with E-state index >= 15 is 0 Å². The van der Waals surface area contributed by atoms with Gasteiger partial charge in [0.15, 0.2) is 0 Å². The molecule has 0 N–H and O–H groups in total. The lowest BCUT2D eigenvalue weighted by Gasteiger charge is -2.43. The lowest BCUT2D eigenvalue weighted by atomic mass is 9.64. The van der Waals surface area contributed by atoms with E-state index in [9.17, 15) is 0 Å². The van der Waals surface area contributed by atoms with Crippen molar-refractivity contribution in [2.45, 2.75) is 64.7 Å². The molecule has 1 heteroatoms. The molecule has 0 aliphatic heterocycles. The number of halogens is 1. The lowest BCUT2D eigenvalue weighted by Crippen LogP contribution is -2.39. The van der Waals surface area contributed by atoms with Crippen LogP contribution in [0.4, 0.5) is 0 Å². The van der Waals surface area contributed by atoms with Crippen molar-refractivity contribution in [3.8, 4) is 0 Å². The van der Waals surface area contributed by atoms with Crippen LogP contribution in [0, 0.1) is 25.7 Å². The maximum Gasteiger partial charge on any atom is 0.0375 e. The molecule has 0 aromatic heterocycles. The first kappa shape index (κ1) is 14.9. The minimum Gasteiger partial charge on any atom is -0.123 e. The highest BCUT2D eigenvalue weighted by atomic mass is 35.5. The predicted molar refractivity (Wildman–Crippen MR) is 85.1 cm³/mol. The van der Waals surface area contributed by atoms with Gasteiger partial charge in [-0.2, -0.15) is 0 Å². The van der Waals surface area contributed by atoms with E-state index in [-0.39, 0.29) is 5.41 Å². The van der Waals surface area contributed by atoms with Gasteiger partial charge in [0, 0.05) is 5.38 Å². The molecule has 1 saturated carbocycles. The molecule has 3 atom stereocenters. The minimum atomic E-state index is 0.169. The average Bonchev–Trinajstić information content (AvgIpc) is 2.31. The Labute approximate surface area is 123 Å². The summed E-state index contributed by atoms with van der Waals surface area (Å²) in [5.74, 6) is 1.37. The molecule has 19 heavy (non-hydrogen) atoms. The third-order valence-corrected chi connectivity index (χ3v) is 5.74. The number of rotatable bonds is 2. The first-order chi connectivity index (χ1) is 8.84. The van der Waals surface area contributed by atoms with E-state index in [1.807, 2.05) is 0 Å². The fourth-order valence-corrected chi connectivity index (χ4v) is 4.52. The van der Waals surface area contributed by atoms with Crippen LogP contribution in [-0.2, 0) is 5.41 Å². The summed E-state index contributed by atoms with van der Waals surface area (Å²) >= 11 is 6.70. The molecule has 0 radical (unpaired) electrons. The Morgan fingerprint density at radius 1 is 1.16 bits per heavy atom. The number of aryl methyl sites for hydroxylation is 1. The third-order valence-electron chi connectivity index (χ3n) is 5.26. The van der Waals surface area contributed by atoms with Crippen LogP contribution in [0.2, 0.25) is 0 Å². The second-order valence-corrected chi connectivity index (χ2v) is 7.57. The maximum atomic E-state index is 6.70. The van der Waals surface area contributed by atoms with E-state index in [0.29, 0.717) is 11.3 Å². The second kappa shape index (κ2) is 5.48. The largest absolute Gasteiger partial charge is 0.123 e. The van der Waals surface area contributed by atoms with Crippen LogP contribution in [0.15, 0.2) is 18.2 Å². The Morgan fingerprint density at radius 3 is 2.47 bits per heavy atom. The lowest BCUT2D eigenvalue weighted by molar-refractivity contribution is 0.207. The van der Waals surface area contributed by atoms with Crippen molar-refractivity contribution in [1.29, 1.82) is 0 Å². The first-order valence-electron chi connectivity index (χ1n) is 7.54. The summed E-state index contributed by atoms with van der Waals surface area (Å²) in [6.45, 7) is 11.5. The van der Waals surface area contributed by atoms with Crippen LogP contribution in [0.25, 0.3) is 0 Å². The van der Waals surface area contributed by atoms with Crippen LogP contribution >= 0.6 is 11.6 Å². The van der Waals surface area contributed by atoms with E-state index in [1.54, 1.807) is 0 Å². The molecule has 0 spiro atoms. The van der Waals surface area contributed by atoms with Gasteiger partial charge in [0.25, 0.3) is 0 Å². The zero-order valence-electron chi connectivity index (χ0n) is 13.0. The Balaban J connectivity index is 2.33. The summed E-state index contributed by atoms with van der Waals surface area (Å²) < 4.78 is 0. The van der Waals surface area contributed by atoms with Crippen LogP contribution < -0.4 is 0 Å². The van der Waals surface area contributed by atoms with Crippen molar-refractivity contribution in [3.63, 3.8) is 0 Å². The van der Waals surface area contributed by atoms with Gasteiger partial charge in [0.1, 0.15) is 0 Å². The van der Waals surface area contributed by atoms with Crippen LogP contribution in [-0.4, -0.2) is 5.38 Å². The van der Waals surface area contributed by atoms with Gasteiger partial charge in [-0.05, 0) is 60.6 Å². The second-order valence-electron chi connectivity index (χ2n) is 7.01. The molecule has 0 nitrogen and oxygen atoms in total. The molecule has 0 bridgehead atoms. The zero-order chi connectivity index (χ0) is 14.2. The number of benzene rings is 1. The van der Waals surface area contributed by atoms with Gasteiger partial charge in [-0.25, -0.2) is 0 Å². The third kappa shape index (κ3) is 2.84. The SMILES string of the molecule is Cc1cccc(C(C)(C)C2CCC(C)CC2Cl)c1C. The monoisotopic (exact) mass is 278 g/mol. The molecule has 2 rings (SSSR count). The fraction of sp³-hybridized carbons (Fsp3) is 0.667. The highest BCUT2D eigenvalue weighted by Gasteiger charge is 2.39. The quantitative estimate of drug-likeness (QED) is 0.616. The predicted octanol–water partition coefficient (Wildman–Crippen LogP) is 5.62. The molecule has 1 aliphatic carbocycles. The maximum absolute atomic E-state index is 6.70. The van der Waals surface area contributed by atoms with Crippen molar-refractivity contribution in [2.75, 3.05) is 0 Å². The van der Waals surface area contributed by atoms with Crippen LogP contribution in [0.5, 0.6) is 0 Å². The molecule has 106 valence electrons. The summed E-state index contributed by atoms with van der Waals surface area (Å²) in [4.78, 5) is 0. The Bertz CT molecular complexity index is 447. The molecule has 1 aromatic rings. The van der Waals surface area contributed by atoms with Gasteiger partial charge in [-0.15, -0.1) is 11.6 Å². The minimum absolute atomic E-state index is 0.169. The van der Waals surface area contributed by atoms with Crippen LogP contribution in [0.3, 0.4) is 0 Å². The van der Waals surface area contributed by atoms with Crippen molar-refractivity contribution in [2.24, 2.45) is 11.8 Å². The molecule has 0 heterocycles. The summed E-state index contributed by atoms with van der Waals surface area (Å²) in [6, 6.07) is 6.69. The number of hydrogen-bond donors (Lipinski definition) is 0. The Kier molecular flexibility index (Phi) is 4.30. The number of hydrogen-bond acceptors (Lipinski definition) is 0. The van der Waals surface area contributed by atoms with Crippen molar-refractivity contribution >= 4 is 11.6 Å². The Morgan fingerprint density at radius 2 is 1.84 bits per heavy atom. The van der Waals surface area contributed by atoms with Crippen molar-refractivity contribution in [1.82, 2.24) is 0 Å². The van der Waals surface area contributed by atoms with Gasteiger partial charge < -0.3 is 0 Å². The summed E-state index contributed by atoms with van der Waals surface area (Å²) in [5.41, 5.74) is 4.48. The normalized spacial score (nSPS) is 28.4. The molecule has 1 aromatic carbocycles. The molecular formula is C18H27Cl. The molecule has 3 unspecified atom stereocenters. The standard InChI is InChI=1S/C18H27Cl/c1-12-9-10-16(17(19)11-12)18(4,5)15-8-6-7-13(2)14(15)3/h6-8,12,16-17H,9-11H2,1-5H3. The van der Waals surface area contributed by atoms with Crippen LogP contribution in [0.1, 0.15) is 56.7 Å². The van der Waals surface area contributed by atoms with Crippen molar-refractivity contribution in [3.05, 3.63) is 34.9 Å². The van der Waals surface area contributed by atoms with E-state index in [4.69, 9.17) is 11.6 Å². The smallest absolute Gasteiger partial charge is 0.0375 e. The summed E-state index contributed by atoms with van der Waals surface area (Å²) in [7, 11) is 0. The average molecular weight is 279 g/mol. The van der Waals surface area contributed by atoms with Gasteiger partial charge >= 0.3 is 0 Å². The summed E-state index contributed by atoms with van der Waals surface area (Å²) in [6.07, 6.45) is 3.75. The molecule has 0 saturated heterocycles. The van der Waals surface area contributed by atoms with E-state index in [2.05, 4.69) is 52.8 Å². The molecule has 0 amide bonds. The first-order valence-corrected chi connectivity index (χ1v) is 7.98. The van der Waals surface area contributed by atoms with E-state index in [1.165, 1.54) is 36.0 Å².